The number of halogens is 5. The number of rotatable bonds is 5. The lowest BCUT2D eigenvalue weighted by Gasteiger charge is -2.26. The summed E-state index contributed by atoms with van der Waals surface area (Å²) < 4.78 is 67.1. The number of nitrogens with one attached hydrogen (secondary N) is 1. The van der Waals surface area contributed by atoms with Crippen molar-refractivity contribution in [1.29, 1.82) is 0 Å². The zero-order chi connectivity index (χ0) is 23.0. The molecular formula is C17H17Cl2F3N4O4S. The minimum Gasteiger partial charge on any atom is -0.355 e. The van der Waals surface area contributed by atoms with Crippen molar-refractivity contribution in [3.05, 3.63) is 39.5 Å². The molecule has 0 saturated carbocycles. The number of hydrogen-bond donors (Lipinski definition) is 1. The van der Waals surface area contributed by atoms with E-state index in [9.17, 15) is 26.4 Å². The minimum absolute atomic E-state index is 0.0291. The summed E-state index contributed by atoms with van der Waals surface area (Å²) in [5.74, 6) is -1.54. The third-order valence-corrected chi connectivity index (χ3v) is 5.99. The Morgan fingerprint density at radius 3 is 2.42 bits per heavy atom. The van der Waals surface area contributed by atoms with E-state index in [4.69, 9.17) is 23.2 Å². The van der Waals surface area contributed by atoms with Crippen LogP contribution in [-0.2, 0) is 10.1 Å². The molecular weight excluding hydrogens is 484 g/mol. The SMILES string of the molecule is Cc1c(C(=O)NN2CCCCC2)nn(-c2ccc(Cl)cc2Cl)c1OS(=O)(=O)C(F)(F)F. The van der Waals surface area contributed by atoms with Crippen LogP contribution in [0.1, 0.15) is 35.3 Å². The van der Waals surface area contributed by atoms with Crippen LogP contribution in [0.2, 0.25) is 10.0 Å². The second kappa shape index (κ2) is 8.85. The Labute approximate surface area is 186 Å². The number of benzene rings is 1. The van der Waals surface area contributed by atoms with Crippen molar-refractivity contribution in [2.24, 2.45) is 0 Å². The van der Waals surface area contributed by atoms with E-state index < -0.39 is 27.4 Å². The molecule has 0 aliphatic carbocycles. The number of aromatic nitrogens is 2. The fourth-order valence-corrected chi connectivity index (χ4v) is 3.95. The quantitative estimate of drug-likeness (QED) is 0.495. The van der Waals surface area contributed by atoms with Crippen LogP contribution >= 0.6 is 23.2 Å². The van der Waals surface area contributed by atoms with Crippen LogP contribution in [0.25, 0.3) is 5.69 Å². The largest absolute Gasteiger partial charge is 0.534 e. The maximum Gasteiger partial charge on any atom is 0.534 e. The molecule has 1 amide bonds. The molecule has 1 aliphatic rings. The molecule has 0 spiro atoms. The van der Waals surface area contributed by atoms with Crippen molar-refractivity contribution in [3.8, 4) is 11.6 Å². The summed E-state index contributed by atoms with van der Waals surface area (Å²) in [7, 11) is -6.04. The first-order valence-electron chi connectivity index (χ1n) is 9.02. The first-order valence-corrected chi connectivity index (χ1v) is 11.2. The van der Waals surface area contributed by atoms with E-state index in [1.807, 2.05) is 0 Å². The maximum atomic E-state index is 12.9. The number of nitrogens with zero attached hydrogens (tertiary/aromatic N) is 3. The molecule has 1 N–H and O–H groups in total. The highest BCUT2D eigenvalue weighted by atomic mass is 35.5. The van der Waals surface area contributed by atoms with Crippen molar-refractivity contribution in [2.45, 2.75) is 31.7 Å². The van der Waals surface area contributed by atoms with Gasteiger partial charge in [0.1, 0.15) is 0 Å². The molecule has 0 atom stereocenters. The van der Waals surface area contributed by atoms with Crippen LogP contribution < -0.4 is 9.61 Å². The molecule has 170 valence electrons. The minimum atomic E-state index is -6.04. The molecule has 0 bridgehead atoms. The number of hydrogen-bond acceptors (Lipinski definition) is 6. The molecule has 1 saturated heterocycles. The highest BCUT2D eigenvalue weighted by Gasteiger charge is 2.49. The predicted octanol–water partition coefficient (Wildman–Crippen LogP) is 3.85. The van der Waals surface area contributed by atoms with Gasteiger partial charge in [-0.1, -0.05) is 29.6 Å². The summed E-state index contributed by atoms with van der Waals surface area (Å²) in [5, 5.41) is 5.83. The smallest absolute Gasteiger partial charge is 0.355 e. The highest BCUT2D eigenvalue weighted by molar-refractivity contribution is 7.88. The lowest BCUT2D eigenvalue weighted by atomic mass is 10.2. The molecule has 3 rings (SSSR count). The second-order valence-electron chi connectivity index (χ2n) is 6.76. The molecule has 0 radical (unpaired) electrons. The van der Waals surface area contributed by atoms with E-state index in [0.29, 0.717) is 13.1 Å². The number of piperidine rings is 1. The standard InChI is InChI=1S/C17H17Cl2F3N4O4S/c1-10-14(15(27)24-25-7-3-2-4-8-25)23-26(13-6-5-11(18)9-12(13)19)16(10)30-31(28,29)17(20,21)22/h5-6,9H,2-4,7-8H2,1H3,(H,24,27). The zero-order valence-corrected chi connectivity index (χ0v) is 18.4. The van der Waals surface area contributed by atoms with Crippen LogP contribution in [0.3, 0.4) is 0 Å². The Hall–Kier alpha value is -2.02. The monoisotopic (exact) mass is 500 g/mol. The van der Waals surface area contributed by atoms with Gasteiger partial charge in [0.15, 0.2) is 5.69 Å². The molecule has 14 heteroatoms. The lowest BCUT2D eigenvalue weighted by Crippen LogP contribution is -2.45. The third kappa shape index (κ3) is 5.08. The Balaban J connectivity index is 2.07. The predicted molar refractivity (Wildman–Crippen MR) is 107 cm³/mol. The summed E-state index contributed by atoms with van der Waals surface area (Å²) in [4.78, 5) is 12.7. The number of alkyl halides is 3. The Kier molecular flexibility index (Phi) is 6.75. The molecule has 1 aromatic carbocycles. The number of carbonyl (C=O) groups is 1. The van der Waals surface area contributed by atoms with Crippen molar-refractivity contribution < 1.29 is 30.6 Å². The van der Waals surface area contributed by atoms with Gasteiger partial charge < -0.3 is 4.18 Å². The van der Waals surface area contributed by atoms with Crippen LogP contribution in [0.15, 0.2) is 18.2 Å². The van der Waals surface area contributed by atoms with Gasteiger partial charge in [-0.3, -0.25) is 10.2 Å². The number of carbonyl (C=O) groups excluding carboxylic acids is 1. The third-order valence-electron chi connectivity index (χ3n) is 4.51. The van der Waals surface area contributed by atoms with Gasteiger partial charge in [0.25, 0.3) is 5.91 Å². The van der Waals surface area contributed by atoms with Gasteiger partial charge in [-0.15, -0.1) is 0 Å². The van der Waals surface area contributed by atoms with Gasteiger partial charge in [-0.2, -0.15) is 31.4 Å². The fraction of sp³-hybridized carbons (Fsp3) is 0.412. The fourth-order valence-electron chi connectivity index (χ4n) is 2.96. The first kappa shape index (κ1) is 23.6. The van der Waals surface area contributed by atoms with Gasteiger partial charge in [-0.25, -0.2) is 5.01 Å². The summed E-state index contributed by atoms with van der Waals surface area (Å²) in [6.45, 7) is 2.42. The van der Waals surface area contributed by atoms with Gasteiger partial charge in [0, 0.05) is 23.7 Å². The molecule has 1 fully saturated rings. The van der Waals surface area contributed by atoms with Crippen LogP contribution in [0.4, 0.5) is 13.2 Å². The van der Waals surface area contributed by atoms with Crippen LogP contribution in [0.5, 0.6) is 5.88 Å². The van der Waals surface area contributed by atoms with Crippen LogP contribution in [0, 0.1) is 6.92 Å². The average molecular weight is 501 g/mol. The highest BCUT2D eigenvalue weighted by Crippen LogP contribution is 2.34. The second-order valence-corrected chi connectivity index (χ2v) is 9.14. The van der Waals surface area contributed by atoms with Gasteiger partial charge in [-0.05, 0) is 38.0 Å². The van der Waals surface area contributed by atoms with Crippen LogP contribution in [-0.4, -0.2) is 47.7 Å². The average Bonchev–Trinajstić information content (AvgIpc) is 2.98. The Morgan fingerprint density at radius 2 is 1.84 bits per heavy atom. The Morgan fingerprint density at radius 1 is 1.19 bits per heavy atom. The van der Waals surface area contributed by atoms with Crippen molar-refractivity contribution >= 4 is 39.2 Å². The van der Waals surface area contributed by atoms with Gasteiger partial charge in [0.05, 0.1) is 10.7 Å². The molecule has 8 nitrogen and oxygen atoms in total. The summed E-state index contributed by atoms with van der Waals surface area (Å²) in [6, 6.07) is 3.96. The lowest BCUT2D eigenvalue weighted by molar-refractivity contribution is -0.0502. The summed E-state index contributed by atoms with van der Waals surface area (Å²) in [6.07, 6.45) is 2.75. The molecule has 1 aliphatic heterocycles. The van der Waals surface area contributed by atoms with Gasteiger partial charge >= 0.3 is 15.6 Å². The molecule has 2 heterocycles. The normalized spacial score (nSPS) is 15.7. The Bertz CT molecular complexity index is 1100. The van der Waals surface area contributed by atoms with E-state index in [0.717, 1.165) is 23.9 Å². The number of amides is 1. The molecule has 2 aromatic rings. The van der Waals surface area contributed by atoms with E-state index in [-0.39, 0.29) is 27.0 Å². The maximum absolute atomic E-state index is 12.9. The molecule has 0 unspecified atom stereocenters. The first-order chi connectivity index (χ1) is 14.4. The number of hydrazine groups is 1. The topological polar surface area (TPSA) is 93.5 Å². The molecule has 31 heavy (non-hydrogen) atoms. The van der Waals surface area contributed by atoms with E-state index >= 15 is 0 Å². The van der Waals surface area contributed by atoms with Crippen molar-refractivity contribution in [3.63, 3.8) is 0 Å². The molecule has 1 aromatic heterocycles. The van der Waals surface area contributed by atoms with Gasteiger partial charge in [0.2, 0.25) is 5.88 Å². The van der Waals surface area contributed by atoms with E-state index in [1.165, 1.54) is 25.1 Å². The van der Waals surface area contributed by atoms with Crippen molar-refractivity contribution in [2.75, 3.05) is 13.1 Å². The summed E-state index contributed by atoms with van der Waals surface area (Å²) >= 11 is 12.0. The zero-order valence-electron chi connectivity index (χ0n) is 16.0. The van der Waals surface area contributed by atoms with E-state index in [1.54, 1.807) is 5.01 Å². The van der Waals surface area contributed by atoms with E-state index in [2.05, 4.69) is 14.7 Å². The van der Waals surface area contributed by atoms with Crippen molar-refractivity contribution in [1.82, 2.24) is 20.2 Å². The summed E-state index contributed by atoms with van der Waals surface area (Å²) in [5.41, 5.74) is -3.62.